The minimum atomic E-state index is -0.568. The smallest absolute Gasteiger partial charge is 0.407 e. The second kappa shape index (κ2) is 8.51. The predicted molar refractivity (Wildman–Crippen MR) is 100.0 cm³/mol. The maximum Gasteiger partial charge on any atom is 0.407 e. The van der Waals surface area contributed by atoms with Gasteiger partial charge in [-0.25, -0.2) is 10.2 Å². The van der Waals surface area contributed by atoms with Crippen LogP contribution in [0.15, 0.2) is 34.9 Å². The van der Waals surface area contributed by atoms with Crippen LogP contribution in [0, 0.1) is 0 Å². The molecular weight excluding hydrogens is 334 g/mol. The number of carbonyl (C=O) groups is 2. The Morgan fingerprint density at radius 1 is 1.31 bits per heavy atom. The van der Waals surface area contributed by atoms with Gasteiger partial charge in [-0.3, -0.25) is 4.79 Å². The molecule has 0 fully saturated rings. The summed E-state index contributed by atoms with van der Waals surface area (Å²) in [5, 5.41) is 6.48. The molecule has 1 heterocycles. The second-order valence-corrected chi connectivity index (χ2v) is 6.91. The summed E-state index contributed by atoms with van der Waals surface area (Å²) < 4.78 is 10.9. The van der Waals surface area contributed by atoms with Crippen molar-refractivity contribution in [3.63, 3.8) is 0 Å². The fraction of sp³-hybridized carbons (Fsp3) is 0.421. The molecule has 26 heavy (non-hydrogen) atoms. The van der Waals surface area contributed by atoms with Crippen LogP contribution in [0.25, 0.3) is 6.08 Å². The van der Waals surface area contributed by atoms with E-state index in [1.165, 1.54) is 0 Å². The fourth-order valence-corrected chi connectivity index (χ4v) is 2.23. The van der Waals surface area contributed by atoms with E-state index in [1.54, 1.807) is 27.0 Å². The lowest BCUT2D eigenvalue weighted by Gasteiger charge is -2.22. The van der Waals surface area contributed by atoms with E-state index in [0.717, 1.165) is 16.9 Å². The second-order valence-electron chi connectivity index (χ2n) is 6.91. The minimum Gasteiger partial charge on any atom is -0.485 e. The van der Waals surface area contributed by atoms with Crippen molar-refractivity contribution in [1.82, 2.24) is 10.7 Å². The van der Waals surface area contributed by atoms with Crippen LogP contribution in [-0.4, -0.2) is 36.5 Å². The summed E-state index contributed by atoms with van der Waals surface area (Å²) in [7, 11) is 0. The summed E-state index contributed by atoms with van der Waals surface area (Å²) >= 11 is 0. The molecule has 1 aliphatic heterocycles. The van der Waals surface area contributed by atoms with Gasteiger partial charge in [-0.15, -0.1) is 0 Å². The van der Waals surface area contributed by atoms with Crippen molar-refractivity contribution in [2.24, 2.45) is 5.10 Å². The molecule has 0 unspecified atom stereocenters. The molecule has 140 valence electrons. The average Bonchev–Trinajstić information content (AvgIpc) is 2.53. The van der Waals surface area contributed by atoms with Gasteiger partial charge >= 0.3 is 6.09 Å². The Kier molecular flexibility index (Phi) is 6.38. The lowest BCUT2D eigenvalue weighted by molar-refractivity contribution is -0.120. The van der Waals surface area contributed by atoms with Gasteiger partial charge in [0, 0.05) is 24.1 Å². The van der Waals surface area contributed by atoms with Gasteiger partial charge in [0.1, 0.15) is 17.5 Å². The summed E-state index contributed by atoms with van der Waals surface area (Å²) in [6.45, 7) is 7.41. The van der Waals surface area contributed by atoms with Gasteiger partial charge in [0.05, 0.1) is 6.21 Å². The molecule has 7 nitrogen and oxygen atoms in total. The van der Waals surface area contributed by atoms with Crippen LogP contribution < -0.4 is 15.5 Å². The van der Waals surface area contributed by atoms with Gasteiger partial charge in [0.25, 0.3) is 0 Å². The molecule has 7 heteroatoms. The maximum atomic E-state index is 11.8. The summed E-state index contributed by atoms with van der Waals surface area (Å²) in [4.78, 5) is 23.2. The fourth-order valence-electron chi connectivity index (χ4n) is 2.23. The molecule has 2 amide bonds. The zero-order chi connectivity index (χ0) is 19.2. The predicted octanol–water partition coefficient (Wildman–Crippen LogP) is 2.87. The van der Waals surface area contributed by atoms with E-state index in [1.807, 2.05) is 37.3 Å². The quantitative estimate of drug-likeness (QED) is 0.625. The van der Waals surface area contributed by atoms with Crippen LogP contribution >= 0.6 is 0 Å². The summed E-state index contributed by atoms with van der Waals surface area (Å²) in [6, 6.07) is 7.72. The molecule has 1 atom stereocenters. The number of nitrogens with one attached hydrogen (secondary N) is 2. The van der Waals surface area contributed by atoms with Crippen LogP contribution in [0.3, 0.4) is 0 Å². The topological polar surface area (TPSA) is 89.0 Å². The number of rotatable bonds is 5. The van der Waals surface area contributed by atoms with Crippen LogP contribution in [0.4, 0.5) is 4.79 Å². The molecule has 1 aromatic carbocycles. The summed E-state index contributed by atoms with van der Waals surface area (Å²) in [6.07, 6.45) is 2.94. The first-order valence-electron chi connectivity index (χ1n) is 8.50. The van der Waals surface area contributed by atoms with Gasteiger partial charge in [-0.2, -0.15) is 5.10 Å². The Balaban J connectivity index is 1.77. The van der Waals surface area contributed by atoms with Gasteiger partial charge < -0.3 is 14.8 Å². The highest BCUT2D eigenvalue weighted by Crippen LogP contribution is 2.28. The van der Waals surface area contributed by atoms with E-state index >= 15 is 0 Å². The number of para-hydroxylation sites is 1. The first kappa shape index (κ1) is 19.5. The maximum absolute atomic E-state index is 11.8. The normalized spacial score (nSPS) is 16.3. The number of hydrazone groups is 1. The molecule has 0 saturated carbocycles. The van der Waals surface area contributed by atoms with Crippen molar-refractivity contribution in [3.05, 3.63) is 35.4 Å². The lowest BCUT2D eigenvalue weighted by atomic mass is 10.0. The Labute approximate surface area is 153 Å². The highest BCUT2D eigenvalue weighted by atomic mass is 16.6. The molecule has 0 aromatic heterocycles. The van der Waals surface area contributed by atoms with Crippen LogP contribution in [-0.2, 0) is 9.53 Å². The third-order valence-corrected chi connectivity index (χ3v) is 3.44. The molecule has 1 aliphatic rings. The van der Waals surface area contributed by atoms with Gasteiger partial charge in [0.15, 0.2) is 0 Å². The van der Waals surface area contributed by atoms with E-state index in [4.69, 9.17) is 9.47 Å². The molecule has 2 N–H and O–H groups in total. The zero-order valence-corrected chi connectivity index (χ0v) is 15.5. The van der Waals surface area contributed by atoms with Crippen LogP contribution in [0.2, 0.25) is 0 Å². The van der Waals surface area contributed by atoms with Crippen molar-refractivity contribution < 1.29 is 19.1 Å². The Morgan fingerprint density at radius 2 is 2.04 bits per heavy atom. The number of nitrogens with zero attached hydrogens (tertiary/aromatic N) is 1. The minimum absolute atomic E-state index is 0.102. The van der Waals surface area contributed by atoms with Crippen LogP contribution in [0.5, 0.6) is 5.75 Å². The summed E-state index contributed by atoms with van der Waals surface area (Å²) in [5.74, 6) is 0.525. The largest absolute Gasteiger partial charge is 0.485 e. The Morgan fingerprint density at radius 3 is 2.77 bits per heavy atom. The molecule has 0 saturated heterocycles. The standard InChI is InChI=1S/C19H25N3O4/c1-13-15(11-14-7-5-6-8-16(14)25-13)12-21-22-17(23)9-10-20-18(24)26-19(2,3)4/h5-8,11-13H,9-10H2,1-4H3,(H,20,24)(H,22,23)/b21-12-/t13-/m1/s1. The molecule has 0 radical (unpaired) electrons. The number of hydrogen-bond acceptors (Lipinski definition) is 5. The lowest BCUT2D eigenvalue weighted by Crippen LogP contribution is -2.34. The number of benzene rings is 1. The van der Waals surface area contributed by atoms with Crippen molar-refractivity contribution in [2.45, 2.75) is 45.8 Å². The molecule has 1 aromatic rings. The van der Waals surface area contributed by atoms with E-state index in [9.17, 15) is 9.59 Å². The van der Waals surface area contributed by atoms with Crippen molar-refractivity contribution in [1.29, 1.82) is 0 Å². The molecule has 0 aliphatic carbocycles. The van der Waals surface area contributed by atoms with Gasteiger partial charge in [0.2, 0.25) is 5.91 Å². The number of hydrogen-bond donors (Lipinski definition) is 2. The monoisotopic (exact) mass is 359 g/mol. The van der Waals surface area contributed by atoms with Gasteiger partial charge in [-0.05, 0) is 39.8 Å². The van der Waals surface area contributed by atoms with E-state index in [2.05, 4.69) is 15.8 Å². The summed E-state index contributed by atoms with van der Waals surface area (Å²) in [5.41, 5.74) is 3.70. The van der Waals surface area contributed by atoms with Crippen LogP contribution in [0.1, 0.15) is 39.7 Å². The highest BCUT2D eigenvalue weighted by molar-refractivity contribution is 5.89. The third kappa shape index (κ3) is 6.23. The average molecular weight is 359 g/mol. The SMILES string of the molecule is C[C@H]1Oc2ccccc2C=C1/C=N\NC(=O)CCNC(=O)OC(C)(C)C. The number of fused-ring (bicyclic) bond motifs is 1. The molecular formula is C19H25N3O4. The number of carbonyl (C=O) groups excluding carboxylic acids is 2. The number of amides is 2. The first-order valence-corrected chi connectivity index (χ1v) is 8.50. The highest BCUT2D eigenvalue weighted by Gasteiger charge is 2.17. The third-order valence-electron chi connectivity index (χ3n) is 3.44. The van der Waals surface area contributed by atoms with E-state index in [0.29, 0.717) is 0 Å². The number of alkyl carbamates (subject to hydrolysis) is 1. The molecule has 2 rings (SSSR count). The Bertz CT molecular complexity index is 720. The van der Waals surface area contributed by atoms with E-state index < -0.39 is 11.7 Å². The van der Waals surface area contributed by atoms with Crippen molar-refractivity contribution in [3.8, 4) is 5.75 Å². The molecule has 0 bridgehead atoms. The Hall–Kier alpha value is -2.83. The van der Waals surface area contributed by atoms with Gasteiger partial charge in [-0.1, -0.05) is 18.2 Å². The number of ether oxygens (including phenoxy) is 2. The zero-order valence-electron chi connectivity index (χ0n) is 15.5. The van der Waals surface area contributed by atoms with E-state index in [-0.39, 0.29) is 25.0 Å². The molecule has 0 spiro atoms. The van der Waals surface area contributed by atoms with Crippen molar-refractivity contribution in [2.75, 3.05) is 6.54 Å². The van der Waals surface area contributed by atoms with Crippen molar-refractivity contribution >= 4 is 24.3 Å². The first-order chi connectivity index (χ1) is 12.2.